The molecule has 0 aliphatic heterocycles. The fourth-order valence-corrected chi connectivity index (χ4v) is 13.4. The van der Waals surface area contributed by atoms with Crippen molar-refractivity contribution in [3.8, 4) is 0 Å². The van der Waals surface area contributed by atoms with Gasteiger partial charge in [-0.15, -0.1) is 0 Å². The second kappa shape index (κ2) is 8.02. The van der Waals surface area contributed by atoms with Crippen molar-refractivity contribution in [3.63, 3.8) is 0 Å². The van der Waals surface area contributed by atoms with Gasteiger partial charge in [-0.05, 0) is 0 Å². The zero-order valence-corrected chi connectivity index (χ0v) is 25.4. The third-order valence-electron chi connectivity index (χ3n) is 8.52. The molecule has 2 aliphatic carbocycles. The third kappa shape index (κ3) is 4.31. The van der Waals surface area contributed by atoms with Gasteiger partial charge in [0.25, 0.3) is 0 Å². The van der Waals surface area contributed by atoms with Crippen molar-refractivity contribution in [3.05, 3.63) is 57.6 Å². The van der Waals surface area contributed by atoms with Crippen LogP contribution in [0.15, 0.2) is 24.3 Å². The SMILES string of the molecule is Cc1cc2c(cc1[Se][Se]c1cc3c(cc1C)C(C)(C)CCC3(C)C)C(C)(C)CCC2(C)C. The number of rotatable bonds is 3. The Morgan fingerprint density at radius 2 is 0.719 bits per heavy atom. The summed E-state index contributed by atoms with van der Waals surface area (Å²) in [4.78, 5) is 0. The molecule has 0 fully saturated rings. The molecular weight excluding hydrogens is 518 g/mol. The van der Waals surface area contributed by atoms with Crippen molar-refractivity contribution in [2.45, 2.75) is 117 Å². The summed E-state index contributed by atoms with van der Waals surface area (Å²) >= 11 is 1.05. The average molecular weight is 561 g/mol. The first kappa shape index (κ1) is 24.6. The Morgan fingerprint density at radius 1 is 0.469 bits per heavy atom. The number of fused-ring (bicyclic) bond motifs is 2. The van der Waals surface area contributed by atoms with Crippen LogP contribution in [0.4, 0.5) is 0 Å². The van der Waals surface area contributed by atoms with Gasteiger partial charge in [-0.1, -0.05) is 0 Å². The van der Waals surface area contributed by atoms with E-state index in [1.807, 2.05) is 0 Å². The summed E-state index contributed by atoms with van der Waals surface area (Å²) < 4.78 is 3.28. The predicted octanol–water partition coefficient (Wildman–Crippen LogP) is 6.28. The van der Waals surface area contributed by atoms with Crippen LogP contribution in [0.25, 0.3) is 0 Å². The minimum atomic E-state index is 0.299. The molecule has 2 aliphatic rings. The number of aryl methyl sites for hydroxylation is 2. The fraction of sp³-hybridized carbons (Fsp3) is 0.600. The van der Waals surface area contributed by atoms with Crippen molar-refractivity contribution >= 4 is 35.2 Å². The van der Waals surface area contributed by atoms with E-state index < -0.39 is 0 Å². The van der Waals surface area contributed by atoms with Crippen LogP contribution in [-0.2, 0) is 21.7 Å². The summed E-state index contributed by atoms with van der Waals surface area (Å²) in [6, 6.07) is 10.3. The van der Waals surface area contributed by atoms with E-state index >= 15 is 0 Å². The normalized spacial score (nSPS) is 22.2. The Kier molecular flexibility index (Phi) is 6.16. The molecule has 0 bridgehead atoms. The standard InChI is InChI=1S/C30H42Se2/c1-19-15-21-23(29(7,8)13-11-27(21,3)4)17-25(19)31-32-26-18-24-22(16-20(26)2)28(5,6)12-14-30(24,9)10/h15-18H,11-14H2,1-10H3. The van der Waals surface area contributed by atoms with E-state index in [4.69, 9.17) is 0 Å². The Hall–Kier alpha value is -0.521. The van der Waals surface area contributed by atoms with Crippen LogP contribution < -0.4 is 8.92 Å². The fourth-order valence-electron chi connectivity index (χ4n) is 5.67. The van der Waals surface area contributed by atoms with E-state index in [-0.39, 0.29) is 0 Å². The van der Waals surface area contributed by atoms with Crippen LogP contribution in [0, 0.1) is 13.8 Å². The Morgan fingerprint density at radius 3 is 1.00 bits per heavy atom. The Bertz CT molecular complexity index is 967. The molecule has 0 nitrogen and oxygen atoms in total. The van der Waals surface area contributed by atoms with Gasteiger partial charge in [0.2, 0.25) is 0 Å². The van der Waals surface area contributed by atoms with E-state index in [2.05, 4.69) is 93.5 Å². The minimum absolute atomic E-state index is 0.299. The molecule has 174 valence electrons. The van der Waals surface area contributed by atoms with Gasteiger partial charge < -0.3 is 0 Å². The van der Waals surface area contributed by atoms with E-state index in [1.165, 1.54) is 36.8 Å². The molecule has 0 atom stereocenters. The van der Waals surface area contributed by atoms with Crippen molar-refractivity contribution in [1.29, 1.82) is 0 Å². The van der Waals surface area contributed by atoms with Gasteiger partial charge in [-0.2, -0.15) is 0 Å². The predicted molar refractivity (Wildman–Crippen MR) is 144 cm³/mol. The maximum absolute atomic E-state index is 2.62. The second-order valence-corrected chi connectivity index (χ2v) is 19.2. The first-order chi connectivity index (χ1) is 14.6. The topological polar surface area (TPSA) is 0 Å². The molecule has 0 spiro atoms. The first-order valence-electron chi connectivity index (χ1n) is 12.3. The van der Waals surface area contributed by atoms with E-state index in [9.17, 15) is 0 Å². The monoisotopic (exact) mass is 562 g/mol. The molecule has 0 radical (unpaired) electrons. The van der Waals surface area contributed by atoms with Crippen LogP contribution in [0.3, 0.4) is 0 Å². The molecule has 0 amide bonds. The summed E-state index contributed by atoms with van der Waals surface area (Å²) in [6.45, 7) is 24.3. The van der Waals surface area contributed by atoms with Crippen molar-refractivity contribution < 1.29 is 0 Å². The quantitative estimate of drug-likeness (QED) is 0.388. The van der Waals surface area contributed by atoms with Crippen molar-refractivity contribution in [1.82, 2.24) is 0 Å². The van der Waals surface area contributed by atoms with Crippen LogP contribution in [0.5, 0.6) is 0 Å². The zero-order chi connectivity index (χ0) is 23.7. The van der Waals surface area contributed by atoms with Gasteiger partial charge in [0.15, 0.2) is 0 Å². The molecular formula is C30H42Se2. The van der Waals surface area contributed by atoms with Gasteiger partial charge in [0, 0.05) is 0 Å². The molecule has 0 heterocycles. The Balaban J connectivity index is 1.68. The van der Waals surface area contributed by atoms with Crippen LogP contribution in [-0.4, -0.2) is 26.3 Å². The van der Waals surface area contributed by atoms with Gasteiger partial charge >= 0.3 is 209 Å². The molecule has 0 N–H and O–H groups in total. The molecule has 32 heavy (non-hydrogen) atoms. The van der Waals surface area contributed by atoms with Crippen LogP contribution in [0.2, 0.25) is 0 Å². The Labute approximate surface area is 208 Å². The molecule has 0 saturated carbocycles. The van der Waals surface area contributed by atoms with Crippen molar-refractivity contribution in [2.75, 3.05) is 0 Å². The molecule has 0 aromatic heterocycles. The number of hydrogen-bond acceptors (Lipinski definition) is 0. The van der Waals surface area contributed by atoms with Gasteiger partial charge in [0.05, 0.1) is 0 Å². The van der Waals surface area contributed by atoms with E-state index in [0.29, 0.717) is 47.9 Å². The molecule has 2 aromatic rings. The summed E-state index contributed by atoms with van der Waals surface area (Å²) in [5, 5.41) is 0. The van der Waals surface area contributed by atoms with E-state index in [1.54, 1.807) is 31.2 Å². The van der Waals surface area contributed by atoms with Gasteiger partial charge in [0.1, 0.15) is 0 Å². The summed E-state index contributed by atoms with van der Waals surface area (Å²) in [5.41, 5.74) is 10.7. The zero-order valence-electron chi connectivity index (χ0n) is 22.0. The molecule has 4 rings (SSSR count). The number of benzene rings is 2. The van der Waals surface area contributed by atoms with Crippen LogP contribution >= 0.6 is 0 Å². The van der Waals surface area contributed by atoms with E-state index in [0.717, 1.165) is 0 Å². The van der Waals surface area contributed by atoms with Gasteiger partial charge in [-0.25, -0.2) is 0 Å². The summed E-state index contributed by atoms with van der Waals surface area (Å²) in [6.07, 6.45) is 5.17. The number of hydrogen-bond donors (Lipinski definition) is 0. The second-order valence-electron chi connectivity index (χ2n) is 13.0. The van der Waals surface area contributed by atoms with Crippen LogP contribution in [0.1, 0.15) is 114 Å². The maximum atomic E-state index is 2.62. The van der Waals surface area contributed by atoms with Gasteiger partial charge in [-0.3, -0.25) is 0 Å². The molecule has 2 aromatic carbocycles. The third-order valence-corrected chi connectivity index (χ3v) is 16.1. The molecule has 0 saturated heterocycles. The molecule has 2 heteroatoms. The molecule has 0 unspecified atom stereocenters. The average Bonchev–Trinajstić information content (AvgIpc) is 2.68. The summed E-state index contributed by atoms with van der Waals surface area (Å²) in [7, 11) is 0. The van der Waals surface area contributed by atoms with Crippen molar-refractivity contribution in [2.24, 2.45) is 0 Å². The first-order valence-corrected chi connectivity index (χ1v) is 18.3. The summed E-state index contributed by atoms with van der Waals surface area (Å²) in [5.74, 6) is 0.